The summed E-state index contributed by atoms with van der Waals surface area (Å²) in [7, 11) is 0. The van der Waals surface area contributed by atoms with Crippen molar-refractivity contribution in [2.75, 3.05) is 24.5 Å². The van der Waals surface area contributed by atoms with Gasteiger partial charge in [0.25, 0.3) is 5.91 Å². The molecule has 0 saturated heterocycles. The lowest BCUT2D eigenvalue weighted by molar-refractivity contribution is -0.125. The van der Waals surface area contributed by atoms with E-state index in [4.69, 9.17) is 4.74 Å². The number of benzene rings is 1. The molecule has 2 unspecified atom stereocenters. The minimum Gasteiger partial charge on any atom is -0.479 e. The highest BCUT2D eigenvalue weighted by molar-refractivity contribution is 5.99. The number of hydrogen-bond donors (Lipinski definition) is 2. The quantitative estimate of drug-likeness (QED) is 0.824. The molecule has 0 aromatic heterocycles. The molecule has 0 radical (unpaired) electrons. The van der Waals surface area contributed by atoms with Crippen molar-refractivity contribution in [1.82, 2.24) is 5.32 Å². The Morgan fingerprint density at radius 1 is 1.47 bits per heavy atom. The Morgan fingerprint density at radius 3 is 2.95 bits per heavy atom. The van der Waals surface area contributed by atoms with Crippen molar-refractivity contribution in [3.05, 3.63) is 24.3 Å². The Balaban J connectivity index is 2.16. The molecule has 5 heteroatoms. The molecule has 0 spiro atoms. The molecule has 1 aromatic carbocycles. The summed E-state index contributed by atoms with van der Waals surface area (Å²) in [6.45, 7) is 5.24. The average molecular weight is 264 g/mol. The van der Waals surface area contributed by atoms with Gasteiger partial charge in [-0.1, -0.05) is 19.1 Å². The first-order chi connectivity index (χ1) is 9.13. The van der Waals surface area contributed by atoms with Crippen LogP contribution in [0.4, 0.5) is 5.69 Å². The van der Waals surface area contributed by atoms with Crippen molar-refractivity contribution in [3.8, 4) is 5.75 Å². The van der Waals surface area contributed by atoms with Crippen molar-refractivity contribution >= 4 is 11.6 Å². The lowest BCUT2D eigenvalue weighted by atomic mass is 10.1. The van der Waals surface area contributed by atoms with E-state index in [1.54, 1.807) is 11.8 Å². The number of fused-ring (bicyclic) bond motifs is 1. The van der Waals surface area contributed by atoms with Crippen molar-refractivity contribution in [2.45, 2.75) is 26.1 Å². The maximum atomic E-state index is 12.2. The lowest BCUT2D eigenvalue weighted by Crippen LogP contribution is -2.49. The number of para-hydroxylation sites is 2. The van der Waals surface area contributed by atoms with Crippen molar-refractivity contribution in [1.29, 1.82) is 0 Å². The molecular weight excluding hydrogens is 244 g/mol. The van der Waals surface area contributed by atoms with Gasteiger partial charge in [0.15, 0.2) is 6.10 Å². The van der Waals surface area contributed by atoms with Crippen LogP contribution in [0.2, 0.25) is 0 Å². The van der Waals surface area contributed by atoms with Gasteiger partial charge in [-0.05, 0) is 25.6 Å². The number of aliphatic hydroxyl groups is 1. The summed E-state index contributed by atoms with van der Waals surface area (Å²) in [5.41, 5.74) is 0.723. The average Bonchev–Trinajstić information content (AvgIpc) is 2.41. The van der Waals surface area contributed by atoms with Gasteiger partial charge in [-0.15, -0.1) is 0 Å². The topological polar surface area (TPSA) is 61.8 Å². The number of rotatable bonds is 5. The summed E-state index contributed by atoms with van der Waals surface area (Å²) in [6.07, 6.45) is -1.11. The van der Waals surface area contributed by atoms with Crippen molar-refractivity contribution in [3.63, 3.8) is 0 Å². The van der Waals surface area contributed by atoms with E-state index in [0.29, 0.717) is 12.3 Å². The van der Waals surface area contributed by atoms with Gasteiger partial charge in [0.1, 0.15) is 5.75 Å². The van der Waals surface area contributed by atoms with Crippen molar-refractivity contribution in [2.24, 2.45) is 0 Å². The molecule has 1 amide bonds. The molecule has 1 aromatic rings. The molecule has 0 aliphatic carbocycles. The van der Waals surface area contributed by atoms with E-state index in [1.807, 2.05) is 31.2 Å². The second-order valence-corrected chi connectivity index (χ2v) is 4.64. The molecule has 2 N–H and O–H groups in total. The van der Waals surface area contributed by atoms with E-state index in [-0.39, 0.29) is 12.5 Å². The largest absolute Gasteiger partial charge is 0.479 e. The number of β-amino-alcohol motifs (C(OH)–C–C–N with tert-alkyl or cyclic N) is 1. The molecule has 0 bridgehead atoms. The molecule has 0 saturated carbocycles. The van der Waals surface area contributed by atoms with E-state index in [2.05, 4.69) is 5.32 Å². The van der Waals surface area contributed by atoms with Crippen LogP contribution in [0.1, 0.15) is 13.8 Å². The highest BCUT2D eigenvalue weighted by atomic mass is 16.5. The molecule has 104 valence electrons. The Kier molecular flexibility index (Phi) is 4.39. The number of nitrogens with zero attached hydrogens (tertiary/aromatic N) is 1. The predicted molar refractivity (Wildman–Crippen MR) is 73.4 cm³/mol. The SMILES string of the molecule is CCNCC(O)CN1C(=O)C(C)Oc2ccccc21. The number of amides is 1. The van der Waals surface area contributed by atoms with Gasteiger partial charge < -0.3 is 20.1 Å². The summed E-state index contributed by atoms with van der Waals surface area (Å²) in [5, 5.41) is 13.0. The van der Waals surface area contributed by atoms with Gasteiger partial charge in [0.05, 0.1) is 18.3 Å². The first-order valence-corrected chi connectivity index (χ1v) is 6.59. The van der Waals surface area contributed by atoms with Gasteiger partial charge in [-0.3, -0.25) is 4.79 Å². The number of carbonyl (C=O) groups is 1. The van der Waals surface area contributed by atoms with E-state index >= 15 is 0 Å². The Morgan fingerprint density at radius 2 is 2.21 bits per heavy atom. The predicted octanol–water partition coefficient (Wildman–Crippen LogP) is 0.771. The van der Waals surface area contributed by atoms with Crippen LogP contribution in [-0.2, 0) is 4.79 Å². The van der Waals surface area contributed by atoms with Crippen LogP contribution in [0, 0.1) is 0 Å². The van der Waals surface area contributed by atoms with Crippen LogP contribution < -0.4 is 15.0 Å². The maximum absolute atomic E-state index is 12.2. The molecule has 5 nitrogen and oxygen atoms in total. The zero-order valence-corrected chi connectivity index (χ0v) is 11.3. The fraction of sp³-hybridized carbons (Fsp3) is 0.500. The van der Waals surface area contributed by atoms with Gasteiger partial charge >= 0.3 is 0 Å². The third-order valence-corrected chi connectivity index (χ3v) is 3.10. The minimum atomic E-state index is -0.595. The van der Waals surface area contributed by atoms with Gasteiger partial charge in [-0.2, -0.15) is 0 Å². The summed E-state index contributed by atoms with van der Waals surface area (Å²) >= 11 is 0. The van der Waals surface area contributed by atoms with Crippen LogP contribution in [-0.4, -0.2) is 42.9 Å². The summed E-state index contributed by atoms with van der Waals surface area (Å²) in [5.74, 6) is 0.569. The standard InChI is InChI=1S/C14H20N2O3/c1-3-15-8-11(17)9-16-12-6-4-5-7-13(12)19-10(2)14(16)18/h4-7,10-11,15,17H,3,8-9H2,1-2H3. The number of hydrogen-bond acceptors (Lipinski definition) is 4. The normalized spacial score (nSPS) is 19.8. The van der Waals surface area contributed by atoms with E-state index in [0.717, 1.165) is 12.2 Å². The minimum absolute atomic E-state index is 0.116. The first-order valence-electron chi connectivity index (χ1n) is 6.59. The first kappa shape index (κ1) is 13.8. The zero-order valence-electron chi connectivity index (χ0n) is 11.3. The molecule has 2 atom stereocenters. The fourth-order valence-electron chi connectivity index (χ4n) is 2.13. The number of ether oxygens (including phenoxy) is 1. The monoisotopic (exact) mass is 264 g/mol. The van der Waals surface area contributed by atoms with Crippen LogP contribution in [0.25, 0.3) is 0 Å². The van der Waals surface area contributed by atoms with Gasteiger partial charge in [0.2, 0.25) is 0 Å². The van der Waals surface area contributed by atoms with E-state index in [9.17, 15) is 9.90 Å². The number of nitrogens with one attached hydrogen (secondary N) is 1. The zero-order chi connectivity index (χ0) is 13.8. The summed E-state index contributed by atoms with van der Waals surface area (Å²) in [4.78, 5) is 13.8. The van der Waals surface area contributed by atoms with Crippen LogP contribution in [0.15, 0.2) is 24.3 Å². The second-order valence-electron chi connectivity index (χ2n) is 4.64. The Hall–Kier alpha value is -1.59. The summed E-state index contributed by atoms with van der Waals surface area (Å²) in [6, 6.07) is 7.39. The number of aliphatic hydroxyl groups excluding tert-OH is 1. The van der Waals surface area contributed by atoms with Gasteiger partial charge in [-0.25, -0.2) is 0 Å². The third kappa shape index (κ3) is 3.05. The fourth-order valence-corrected chi connectivity index (χ4v) is 2.13. The lowest BCUT2D eigenvalue weighted by Gasteiger charge is -2.34. The number of likely N-dealkylation sites (N-methyl/N-ethyl adjacent to an activating group) is 1. The van der Waals surface area contributed by atoms with E-state index < -0.39 is 12.2 Å². The molecule has 1 heterocycles. The van der Waals surface area contributed by atoms with Gasteiger partial charge in [0, 0.05) is 6.54 Å². The Labute approximate surface area is 113 Å². The van der Waals surface area contributed by atoms with E-state index in [1.165, 1.54) is 0 Å². The summed E-state index contributed by atoms with van der Waals surface area (Å²) < 4.78 is 5.55. The number of anilines is 1. The van der Waals surface area contributed by atoms with Crippen LogP contribution in [0.5, 0.6) is 5.75 Å². The smallest absolute Gasteiger partial charge is 0.267 e. The highest BCUT2D eigenvalue weighted by Gasteiger charge is 2.32. The molecule has 0 fully saturated rings. The second kappa shape index (κ2) is 6.04. The molecule has 2 rings (SSSR count). The molecular formula is C14H20N2O3. The van der Waals surface area contributed by atoms with Crippen LogP contribution >= 0.6 is 0 Å². The maximum Gasteiger partial charge on any atom is 0.267 e. The molecule has 19 heavy (non-hydrogen) atoms. The molecule has 1 aliphatic rings. The highest BCUT2D eigenvalue weighted by Crippen LogP contribution is 2.33. The number of carbonyl (C=O) groups excluding carboxylic acids is 1. The Bertz CT molecular complexity index is 450. The third-order valence-electron chi connectivity index (χ3n) is 3.10. The van der Waals surface area contributed by atoms with Crippen LogP contribution in [0.3, 0.4) is 0 Å². The molecule has 1 aliphatic heterocycles. The van der Waals surface area contributed by atoms with Crippen molar-refractivity contribution < 1.29 is 14.6 Å².